The van der Waals surface area contributed by atoms with E-state index >= 15 is 0 Å². The van der Waals surface area contributed by atoms with Crippen molar-refractivity contribution in [1.82, 2.24) is 10.8 Å². The van der Waals surface area contributed by atoms with E-state index in [-0.39, 0.29) is 19.1 Å². The van der Waals surface area contributed by atoms with Gasteiger partial charge in [-0.15, -0.1) is 0 Å². The van der Waals surface area contributed by atoms with E-state index in [1.54, 1.807) is 6.92 Å². The first-order valence-corrected chi connectivity index (χ1v) is 11.8. The predicted octanol–water partition coefficient (Wildman–Crippen LogP) is 3.63. The zero-order chi connectivity index (χ0) is 26.2. The first-order chi connectivity index (χ1) is 17.9. The molecule has 0 heterocycles. The number of hydrogen-bond acceptors (Lipinski definition) is 6. The van der Waals surface area contributed by atoms with Crippen molar-refractivity contribution in [2.75, 3.05) is 13.2 Å². The number of alkyl carbamates (subject to hydrolysis) is 1. The minimum Gasteiger partial charge on any atom is -0.479 e. The summed E-state index contributed by atoms with van der Waals surface area (Å²) in [5, 5.41) is 11.3. The van der Waals surface area contributed by atoms with Crippen molar-refractivity contribution in [3.05, 3.63) is 95.6 Å². The number of carboxylic acid groups (broad SMARTS) is 1. The molecule has 0 spiro atoms. The van der Waals surface area contributed by atoms with Gasteiger partial charge in [-0.1, -0.05) is 78.9 Å². The van der Waals surface area contributed by atoms with Gasteiger partial charge >= 0.3 is 12.1 Å². The van der Waals surface area contributed by atoms with E-state index in [0.717, 1.165) is 27.8 Å². The number of fused-ring (bicyclic) bond motifs is 3. The van der Waals surface area contributed by atoms with E-state index in [0.29, 0.717) is 0 Å². The zero-order valence-corrected chi connectivity index (χ0v) is 20.3. The summed E-state index contributed by atoms with van der Waals surface area (Å²) >= 11 is 0. The third-order valence-corrected chi connectivity index (χ3v) is 6.09. The molecule has 1 aliphatic rings. The van der Waals surface area contributed by atoms with Crippen molar-refractivity contribution in [2.45, 2.75) is 31.6 Å². The van der Waals surface area contributed by atoms with Gasteiger partial charge in [0.25, 0.3) is 5.91 Å². The molecule has 0 fully saturated rings. The predicted molar refractivity (Wildman–Crippen MR) is 134 cm³/mol. The highest BCUT2D eigenvalue weighted by atomic mass is 16.7. The van der Waals surface area contributed by atoms with Crippen LogP contribution in [0.25, 0.3) is 11.1 Å². The molecular formula is C28H28N2O7. The van der Waals surface area contributed by atoms with Crippen molar-refractivity contribution in [1.29, 1.82) is 0 Å². The van der Waals surface area contributed by atoms with Gasteiger partial charge in [-0.05, 0) is 34.7 Å². The molecule has 3 aromatic rings. The SMILES string of the molecule is C[C@H](OCc1ccccc1)[C@@H](NC(=O)OCC1c2ccccc2-c2ccccc21)C(=O)NOCC(=O)O. The lowest BCUT2D eigenvalue weighted by molar-refractivity contribution is -0.151. The number of benzene rings is 3. The van der Waals surface area contributed by atoms with Crippen LogP contribution in [0.5, 0.6) is 0 Å². The summed E-state index contributed by atoms with van der Waals surface area (Å²) in [7, 11) is 0. The second-order valence-electron chi connectivity index (χ2n) is 8.60. The Bertz CT molecular complexity index is 1200. The quantitative estimate of drug-likeness (QED) is 0.341. The first-order valence-electron chi connectivity index (χ1n) is 11.8. The number of carbonyl (C=O) groups excluding carboxylic acids is 2. The summed E-state index contributed by atoms with van der Waals surface area (Å²) in [6.45, 7) is 1.16. The molecule has 2 atom stereocenters. The van der Waals surface area contributed by atoms with Crippen LogP contribution in [-0.4, -0.2) is 48.4 Å². The smallest absolute Gasteiger partial charge is 0.407 e. The topological polar surface area (TPSA) is 123 Å². The minimum absolute atomic E-state index is 0.0724. The van der Waals surface area contributed by atoms with Gasteiger partial charge in [-0.25, -0.2) is 15.1 Å². The second-order valence-corrected chi connectivity index (χ2v) is 8.60. The van der Waals surface area contributed by atoms with Gasteiger partial charge in [-0.3, -0.25) is 9.63 Å². The lowest BCUT2D eigenvalue weighted by Gasteiger charge is -2.24. The molecule has 0 saturated heterocycles. The largest absolute Gasteiger partial charge is 0.479 e. The Morgan fingerprint density at radius 2 is 1.49 bits per heavy atom. The van der Waals surface area contributed by atoms with Crippen LogP contribution in [0.15, 0.2) is 78.9 Å². The van der Waals surface area contributed by atoms with Crippen molar-refractivity contribution < 1.29 is 33.8 Å². The molecule has 0 unspecified atom stereocenters. The number of carboxylic acids is 1. The Morgan fingerprint density at radius 3 is 2.11 bits per heavy atom. The maximum absolute atomic E-state index is 12.8. The van der Waals surface area contributed by atoms with Crippen LogP contribution >= 0.6 is 0 Å². The average molecular weight is 505 g/mol. The fraction of sp³-hybridized carbons (Fsp3) is 0.250. The molecule has 3 aromatic carbocycles. The average Bonchev–Trinajstić information content (AvgIpc) is 3.23. The molecule has 0 bridgehead atoms. The van der Waals surface area contributed by atoms with Gasteiger partial charge in [0, 0.05) is 5.92 Å². The van der Waals surface area contributed by atoms with E-state index in [4.69, 9.17) is 19.4 Å². The fourth-order valence-electron chi connectivity index (χ4n) is 4.29. The highest BCUT2D eigenvalue weighted by Gasteiger charge is 2.32. The summed E-state index contributed by atoms with van der Waals surface area (Å²) in [6.07, 6.45) is -1.59. The third-order valence-electron chi connectivity index (χ3n) is 6.09. The number of hydroxylamine groups is 1. The van der Waals surface area contributed by atoms with Crippen molar-refractivity contribution >= 4 is 18.0 Å². The Balaban J connectivity index is 1.41. The van der Waals surface area contributed by atoms with Crippen LogP contribution in [0.3, 0.4) is 0 Å². The standard InChI is InChI=1S/C28H28N2O7/c1-18(35-15-19-9-3-2-4-10-19)26(27(33)30-37-17-25(31)32)29-28(34)36-16-24-22-13-7-5-11-20(22)21-12-6-8-14-23(21)24/h2-14,18,24,26H,15-17H2,1H3,(H,29,34)(H,30,33)(H,31,32)/t18-,26+/m0/s1. The molecule has 0 aromatic heterocycles. The van der Waals surface area contributed by atoms with Crippen molar-refractivity contribution in [3.63, 3.8) is 0 Å². The highest BCUT2D eigenvalue weighted by Crippen LogP contribution is 2.44. The van der Waals surface area contributed by atoms with E-state index in [9.17, 15) is 14.4 Å². The Hall–Kier alpha value is -4.21. The molecule has 1 aliphatic carbocycles. The number of ether oxygens (including phenoxy) is 2. The van der Waals surface area contributed by atoms with Gasteiger partial charge in [-0.2, -0.15) is 0 Å². The second kappa shape index (κ2) is 12.2. The van der Waals surface area contributed by atoms with Gasteiger partial charge in [0.1, 0.15) is 12.6 Å². The van der Waals surface area contributed by atoms with Gasteiger partial charge in [0.05, 0.1) is 12.7 Å². The maximum atomic E-state index is 12.8. The van der Waals surface area contributed by atoms with Crippen molar-refractivity contribution in [3.8, 4) is 11.1 Å². The zero-order valence-electron chi connectivity index (χ0n) is 20.3. The molecule has 0 saturated carbocycles. The molecule has 9 heteroatoms. The Morgan fingerprint density at radius 1 is 0.892 bits per heavy atom. The third kappa shape index (κ3) is 6.52. The lowest BCUT2D eigenvalue weighted by Crippen LogP contribution is -2.53. The first kappa shape index (κ1) is 25.9. The fourth-order valence-corrected chi connectivity index (χ4v) is 4.29. The molecule has 9 nitrogen and oxygen atoms in total. The minimum atomic E-state index is -1.25. The maximum Gasteiger partial charge on any atom is 0.407 e. The number of hydrogen-bond donors (Lipinski definition) is 3. The van der Waals surface area contributed by atoms with Gasteiger partial charge in [0.15, 0.2) is 6.61 Å². The molecule has 4 rings (SSSR count). The van der Waals surface area contributed by atoms with E-state index < -0.39 is 36.7 Å². The number of amides is 2. The van der Waals surface area contributed by atoms with Gasteiger partial charge < -0.3 is 19.9 Å². The molecular weight excluding hydrogens is 476 g/mol. The van der Waals surface area contributed by atoms with E-state index in [1.165, 1.54) is 0 Å². The van der Waals surface area contributed by atoms with Crippen LogP contribution in [-0.2, 0) is 30.5 Å². The summed E-state index contributed by atoms with van der Waals surface area (Å²) in [4.78, 5) is 40.9. The van der Waals surface area contributed by atoms with Crippen LogP contribution in [0.1, 0.15) is 29.5 Å². The summed E-state index contributed by atoms with van der Waals surface area (Å²) in [5.41, 5.74) is 7.26. The summed E-state index contributed by atoms with van der Waals surface area (Å²) in [6, 6.07) is 24.1. The lowest BCUT2D eigenvalue weighted by atomic mass is 9.98. The van der Waals surface area contributed by atoms with E-state index in [2.05, 4.69) is 10.8 Å². The Labute approximate surface area is 214 Å². The van der Waals surface area contributed by atoms with E-state index in [1.807, 2.05) is 78.9 Å². The number of carbonyl (C=O) groups is 3. The molecule has 0 aliphatic heterocycles. The normalized spacial score (nSPS) is 13.6. The summed E-state index contributed by atoms with van der Waals surface area (Å²) in [5.74, 6) is -2.17. The highest BCUT2D eigenvalue weighted by molar-refractivity contribution is 5.86. The van der Waals surface area contributed by atoms with Gasteiger partial charge in [0.2, 0.25) is 0 Å². The number of aliphatic carboxylic acids is 1. The van der Waals surface area contributed by atoms with Crippen LogP contribution in [0.2, 0.25) is 0 Å². The molecule has 37 heavy (non-hydrogen) atoms. The number of nitrogens with one attached hydrogen (secondary N) is 2. The number of rotatable bonds is 11. The Kier molecular flexibility index (Phi) is 8.50. The monoisotopic (exact) mass is 504 g/mol. The van der Waals surface area contributed by atoms with Crippen molar-refractivity contribution in [2.24, 2.45) is 0 Å². The molecule has 0 radical (unpaired) electrons. The molecule has 3 N–H and O–H groups in total. The van der Waals surface area contributed by atoms with Crippen LogP contribution in [0, 0.1) is 0 Å². The summed E-state index contributed by atoms with van der Waals surface area (Å²) < 4.78 is 11.4. The molecule has 192 valence electrons. The van der Waals surface area contributed by atoms with Crippen LogP contribution < -0.4 is 10.8 Å². The molecule has 2 amide bonds. The van der Waals surface area contributed by atoms with Crippen LogP contribution in [0.4, 0.5) is 4.79 Å².